The second kappa shape index (κ2) is 6.34. The Labute approximate surface area is 122 Å². The molecule has 0 radical (unpaired) electrons. The van der Waals surface area contributed by atoms with E-state index in [0.717, 1.165) is 0 Å². The SMILES string of the molecule is CC(C)Nc1ncc(C(=O)Nc2cccc(Cl)c2)cn1. The molecule has 6 heteroatoms. The van der Waals surface area contributed by atoms with Crippen LogP contribution in [0.5, 0.6) is 0 Å². The summed E-state index contributed by atoms with van der Waals surface area (Å²) in [6.45, 7) is 3.98. The molecule has 1 heterocycles. The van der Waals surface area contributed by atoms with Crippen molar-refractivity contribution in [2.45, 2.75) is 19.9 Å². The zero-order chi connectivity index (χ0) is 14.5. The van der Waals surface area contributed by atoms with E-state index >= 15 is 0 Å². The van der Waals surface area contributed by atoms with E-state index in [1.165, 1.54) is 12.4 Å². The molecule has 0 aliphatic rings. The maximum Gasteiger partial charge on any atom is 0.258 e. The lowest BCUT2D eigenvalue weighted by Crippen LogP contribution is -2.15. The van der Waals surface area contributed by atoms with E-state index in [9.17, 15) is 4.79 Å². The predicted octanol–water partition coefficient (Wildman–Crippen LogP) is 3.20. The molecular formula is C14H15ClN4O. The Morgan fingerprint density at radius 3 is 2.55 bits per heavy atom. The second-order valence-corrected chi connectivity index (χ2v) is 5.00. The van der Waals surface area contributed by atoms with Crippen molar-refractivity contribution in [1.82, 2.24) is 9.97 Å². The van der Waals surface area contributed by atoms with E-state index in [-0.39, 0.29) is 11.9 Å². The predicted molar refractivity (Wildman–Crippen MR) is 80.2 cm³/mol. The van der Waals surface area contributed by atoms with Crippen LogP contribution < -0.4 is 10.6 Å². The van der Waals surface area contributed by atoms with E-state index in [0.29, 0.717) is 22.2 Å². The number of amides is 1. The third-order valence-corrected chi connectivity index (χ3v) is 2.65. The van der Waals surface area contributed by atoms with E-state index in [1.807, 2.05) is 13.8 Å². The van der Waals surface area contributed by atoms with E-state index in [4.69, 9.17) is 11.6 Å². The Hall–Kier alpha value is -2.14. The van der Waals surface area contributed by atoms with Crippen molar-refractivity contribution in [3.8, 4) is 0 Å². The van der Waals surface area contributed by atoms with Gasteiger partial charge in [-0.1, -0.05) is 17.7 Å². The molecule has 0 saturated carbocycles. The lowest BCUT2D eigenvalue weighted by atomic mass is 10.3. The summed E-state index contributed by atoms with van der Waals surface area (Å²) in [5.41, 5.74) is 1.02. The van der Waals surface area contributed by atoms with Gasteiger partial charge >= 0.3 is 0 Å². The fourth-order valence-electron chi connectivity index (χ4n) is 1.55. The fourth-order valence-corrected chi connectivity index (χ4v) is 1.74. The van der Waals surface area contributed by atoms with Crippen LogP contribution >= 0.6 is 11.6 Å². The number of carbonyl (C=O) groups excluding carboxylic acids is 1. The molecule has 0 aliphatic carbocycles. The number of halogens is 1. The molecule has 0 spiro atoms. The van der Waals surface area contributed by atoms with Crippen LogP contribution in [-0.2, 0) is 0 Å². The van der Waals surface area contributed by atoms with E-state index < -0.39 is 0 Å². The first kappa shape index (κ1) is 14.3. The zero-order valence-corrected chi connectivity index (χ0v) is 12.0. The van der Waals surface area contributed by atoms with E-state index in [2.05, 4.69) is 20.6 Å². The molecule has 1 amide bonds. The van der Waals surface area contributed by atoms with E-state index in [1.54, 1.807) is 24.3 Å². The van der Waals surface area contributed by atoms with Crippen LogP contribution in [0.25, 0.3) is 0 Å². The first-order valence-electron chi connectivity index (χ1n) is 6.20. The average Bonchev–Trinajstić information content (AvgIpc) is 2.38. The summed E-state index contributed by atoms with van der Waals surface area (Å²) >= 11 is 5.86. The lowest BCUT2D eigenvalue weighted by molar-refractivity contribution is 0.102. The van der Waals surface area contributed by atoms with Gasteiger partial charge in [-0.15, -0.1) is 0 Å². The largest absolute Gasteiger partial charge is 0.352 e. The number of anilines is 2. The number of nitrogens with zero attached hydrogens (tertiary/aromatic N) is 2. The summed E-state index contributed by atoms with van der Waals surface area (Å²) in [5, 5.41) is 6.36. The van der Waals surface area contributed by atoms with Crippen molar-refractivity contribution >= 4 is 29.1 Å². The number of aromatic nitrogens is 2. The van der Waals surface area contributed by atoms with Gasteiger partial charge in [0.25, 0.3) is 5.91 Å². The summed E-state index contributed by atoms with van der Waals surface area (Å²) in [4.78, 5) is 20.2. The molecule has 0 fully saturated rings. The Morgan fingerprint density at radius 2 is 1.95 bits per heavy atom. The van der Waals surface area contributed by atoms with Gasteiger partial charge in [-0.05, 0) is 32.0 Å². The highest BCUT2D eigenvalue weighted by molar-refractivity contribution is 6.30. The monoisotopic (exact) mass is 290 g/mol. The summed E-state index contributed by atoms with van der Waals surface area (Å²) in [6, 6.07) is 7.19. The zero-order valence-electron chi connectivity index (χ0n) is 11.2. The second-order valence-electron chi connectivity index (χ2n) is 4.56. The average molecular weight is 291 g/mol. The van der Waals surface area contributed by atoms with Crippen LogP contribution in [0, 0.1) is 0 Å². The molecule has 2 rings (SSSR count). The Kier molecular flexibility index (Phi) is 4.53. The van der Waals surface area contributed by atoms with Crippen LogP contribution in [-0.4, -0.2) is 21.9 Å². The Balaban J connectivity index is 2.06. The van der Waals surface area contributed by atoms with Gasteiger partial charge < -0.3 is 10.6 Å². The summed E-state index contributed by atoms with van der Waals surface area (Å²) in [7, 11) is 0. The maximum atomic E-state index is 12.0. The van der Waals surface area contributed by atoms with Gasteiger partial charge in [-0.25, -0.2) is 9.97 Å². The summed E-state index contributed by atoms with van der Waals surface area (Å²) in [5.74, 6) is 0.225. The highest BCUT2D eigenvalue weighted by Crippen LogP contribution is 2.15. The van der Waals surface area contributed by atoms with Gasteiger partial charge in [-0.2, -0.15) is 0 Å². The summed E-state index contributed by atoms with van der Waals surface area (Å²) < 4.78 is 0. The topological polar surface area (TPSA) is 66.9 Å². The molecule has 0 atom stereocenters. The van der Waals surface area contributed by atoms with Crippen molar-refractivity contribution in [2.24, 2.45) is 0 Å². The third kappa shape index (κ3) is 3.93. The van der Waals surface area contributed by atoms with Gasteiger partial charge in [0.15, 0.2) is 0 Å². The Morgan fingerprint density at radius 1 is 1.25 bits per heavy atom. The van der Waals surface area contributed by atoms with Gasteiger partial charge in [0.1, 0.15) is 0 Å². The third-order valence-electron chi connectivity index (χ3n) is 2.41. The molecular weight excluding hydrogens is 276 g/mol. The first-order chi connectivity index (χ1) is 9.54. The van der Waals surface area contributed by atoms with Crippen LogP contribution in [0.2, 0.25) is 5.02 Å². The first-order valence-corrected chi connectivity index (χ1v) is 6.58. The molecule has 104 valence electrons. The number of hydrogen-bond acceptors (Lipinski definition) is 4. The van der Waals surface area contributed by atoms with Gasteiger partial charge in [-0.3, -0.25) is 4.79 Å². The van der Waals surface area contributed by atoms with Crippen molar-refractivity contribution in [1.29, 1.82) is 0 Å². The molecule has 1 aromatic heterocycles. The van der Waals surface area contributed by atoms with Crippen molar-refractivity contribution in [3.05, 3.63) is 47.2 Å². The number of rotatable bonds is 4. The fraction of sp³-hybridized carbons (Fsp3) is 0.214. The van der Waals surface area contributed by atoms with Gasteiger partial charge in [0, 0.05) is 29.1 Å². The van der Waals surface area contributed by atoms with Crippen LogP contribution in [0.3, 0.4) is 0 Å². The van der Waals surface area contributed by atoms with Crippen LogP contribution in [0.15, 0.2) is 36.7 Å². The minimum Gasteiger partial charge on any atom is -0.352 e. The minimum atomic E-state index is -0.275. The van der Waals surface area contributed by atoms with Crippen molar-refractivity contribution in [2.75, 3.05) is 10.6 Å². The Bertz CT molecular complexity index is 598. The van der Waals surface area contributed by atoms with Gasteiger partial charge in [0.05, 0.1) is 5.56 Å². The highest BCUT2D eigenvalue weighted by Gasteiger charge is 2.08. The number of benzene rings is 1. The van der Waals surface area contributed by atoms with Gasteiger partial charge in [0.2, 0.25) is 5.95 Å². The van der Waals surface area contributed by atoms with Crippen molar-refractivity contribution in [3.63, 3.8) is 0 Å². The molecule has 1 aromatic carbocycles. The normalized spacial score (nSPS) is 10.4. The molecule has 20 heavy (non-hydrogen) atoms. The molecule has 2 aromatic rings. The molecule has 0 unspecified atom stereocenters. The lowest BCUT2D eigenvalue weighted by Gasteiger charge is -2.08. The number of nitrogens with one attached hydrogen (secondary N) is 2. The quantitative estimate of drug-likeness (QED) is 0.907. The van der Waals surface area contributed by atoms with Crippen LogP contribution in [0.4, 0.5) is 11.6 Å². The summed E-state index contributed by atoms with van der Waals surface area (Å²) in [6.07, 6.45) is 2.97. The molecule has 5 nitrogen and oxygen atoms in total. The molecule has 2 N–H and O–H groups in total. The molecule has 0 saturated heterocycles. The number of hydrogen-bond donors (Lipinski definition) is 2. The molecule has 0 aliphatic heterocycles. The minimum absolute atomic E-state index is 0.237. The smallest absolute Gasteiger partial charge is 0.258 e. The standard InChI is InChI=1S/C14H15ClN4O/c1-9(2)18-14-16-7-10(8-17-14)13(20)19-12-5-3-4-11(15)6-12/h3-9H,1-2H3,(H,19,20)(H,16,17,18). The molecule has 0 bridgehead atoms. The maximum absolute atomic E-state index is 12.0. The highest BCUT2D eigenvalue weighted by atomic mass is 35.5. The van der Waals surface area contributed by atoms with Crippen molar-refractivity contribution < 1.29 is 4.79 Å². The number of carbonyl (C=O) groups is 1. The van der Waals surface area contributed by atoms with Crippen LogP contribution in [0.1, 0.15) is 24.2 Å².